The summed E-state index contributed by atoms with van der Waals surface area (Å²) >= 11 is 0. The highest BCUT2D eigenvalue weighted by Gasteiger charge is 1.98. The highest BCUT2D eigenvalue weighted by Crippen LogP contribution is 2.24. The normalized spacial score (nSPS) is 10.9. The van der Waals surface area contributed by atoms with Gasteiger partial charge in [0.05, 0.1) is 0 Å². The molecule has 0 unspecified atom stereocenters. The van der Waals surface area contributed by atoms with Crippen molar-refractivity contribution in [1.29, 1.82) is 0 Å². The van der Waals surface area contributed by atoms with E-state index in [0.29, 0.717) is 11.1 Å². The Labute approximate surface area is 104 Å². The summed E-state index contributed by atoms with van der Waals surface area (Å²) in [4.78, 5) is 0. The first-order valence-corrected chi connectivity index (χ1v) is 5.27. The van der Waals surface area contributed by atoms with E-state index in [4.69, 9.17) is 0 Å². The van der Waals surface area contributed by atoms with Gasteiger partial charge >= 0.3 is 0 Å². The Bertz CT molecular complexity index is 509. The molecule has 2 rings (SSSR count). The number of phenols is 4. The zero-order chi connectivity index (χ0) is 13.1. The van der Waals surface area contributed by atoms with E-state index in [0.717, 1.165) is 0 Å². The first kappa shape index (κ1) is 11.9. The molecule has 0 atom stereocenters. The van der Waals surface area contributed by atoms with Crippen LogP contribution < -0.4 is 0 Å². The molecule has 92 valence electrons. The van der Waals surface area contributed by atoms with Crippen LogP contribution in [0.1, 0.15) is 11.1 Å². The number of hydrogen-bond acceptors (Lipinski definition) is 4. The maximum atomic E-state index is 9.31. The van der Waals surface area contributed by atoms with E-state index in [1.807, 2.05) is 0 Å². The average molecular weight is 244 g/mol. The summed E-state index contributed by atoms with van der Waals surface area (Å²) in [6, 6.07) is 8.41. The number of aromatic hydroxyl groups is 4. The van der Waals surface area contributed by atoms with Gasteiger partial charge in [-0.15, -0.1) is 0 Å². The number of phenolic OH excluding ortho intramolecular Hbond substituents is 4. The van der Waals surface area contributed by atoms with Gasteiger partial charge in [0, 0.05) is 12.1 Å². The van der Waals surface area contributed by atoms with Crippen LogP contribution in [0, 0.1) is 0 Å². The minimum Gasteiger partial charge on any atom is -0.508 e. The summed E-state index contributed by atoms with van der Waals surface area (Å²) in [5, 5.41) is 37.2. The van der Waals surface area contributed by atoms with Gasteiger partial charge < -0.3 is 20.4 Å². The maximum absolute atomic E-state index is 9.31. The molecule has 0 amide bonds. The molecule has 4 heteroatoms. The highest BCUT2D eigenvalue weighted by molar-refractivity contribution is 5.72. The van der Waals surface area contributed by atoms with Gasteiger partial charge in [-0.3, -0.25) is 0 Å². The van der Waals surface area contributed by atoms with Crippen LogP contribution in [0.5, 0.6) is 23.0 Å². The van der Waals surface area contributed by atoms with Gasteiger partial charge in [-0.2, -0.15) is 0 Å². The van der Waals surface area contributed by atoms with Gasteiger partial charge in [-0.05, 0) is 35.4 Å². The van der Waals surface area contributed by atoms with E-state index in [1.165, 1.54) is 36.4 Å². The molecule has 0 aromatic heterocycles. The fraction of sp³-hybridized carbons (Fsp3) is 0. The molecule has 2 aromatic rings. The molecule has 0 aliphatic carbocycles. The van der Waals surface area contributed by atoms with Gasteiger partial charge in [0.2, 0.25) is 0 Å². The molecule has 4 N–H and O–H groups in total. The van der Waals surface area contributed by atoms with Crippen molar-refractivity contribution < 1.29 is 20.4 Å². The molecule has 0 radical (unpaired) electrons. The van der Waals surface area contributed by atoms with Gasteiger partial charge in [-0.1, -0.05) is 12.2 Å². The van der Waals surface area contributed by atoms with E-state index in [2.05, 4.69) is 0 Å². The molecular weight excluding hydrogens is 232 g/mol. The van der Waals surface area contributed by atoms with Crippen molar-refractivity contribution in [3.05, 3.63) is 47.5 Å². The van der Waals surface area contributed by atoms with Crippen molar-refractivity contribution in [1.82, 2.24) is 0 Å². The van der Waals surface area contributed by atoms with Crippen molar-refractivity contribution in [2.24, 2.45) is 0 Å². The standard InChI is InChI=1S/C14H12O4/c15-11-3-9(4-12(16)7-11)1-2-10-5-13(17)8-14(18)6-10/h1-8,15-18H/b2-1+. The molecular formula is C14H12O4. The zero-order valence-corrected chi connectivity index (χ0v) is 9.41. The highest BCUT2D eigenvalue weighted by atomic mass is 16.3. The molecule has 0 aliphatic rings. The van der Waals surface area contributed by atoms with E-state index in [-0.39, 0.29) is 23.0 Å². The minimum absolute atomic E-state index is 0.0339. The van der Waals surface area contributed by atoms with Crippen LogP contribution in [0.3, 0.4) is 0 Å². The van der Waals surface area contributed by atoms with E-state index in [9.17, 15) is 20.4 Å². The van der Waals surface area contributed by atoms with E-state index >= 15 is 0 Å². The smallest absolute Gasteiger partial charge is 0.119 e. The van der Waals surface area contributed by atoms with Gasteiger partial charge in [-0.25, -0.2) is 0 Å². The van der Waals surface area contributed by atoms with Gasteiger partial charge in [0.1, 0.15) is 23.0 Å². The summed E-state index contributed by atoms with van der Waals surface area (Å²) in [6.45, 7) is 0. The lowest BCUT2D eigenvalue weighted by Crippen LogP contribution is -1.75. The first-order chi connectivity index (χ1) is 8.52. The summed E-state index contributed by atoms with van der Waals surface area (Å²) in [5.74, 6) is -0.136. The average Bonchev–Trinajstić information content (AvgIpc) is 2.23. The summed E-state index contributed by atoms with van der Waals surface area (Å²) in [6.07, 6.45) is 3.29. The number of benzene rings is 2. The minimum atomic E-state index is -0.0339. The van der Waals surface area contributed by atoms with Crippen LogP contribution in [0.4, 0.5) is 0 Å². The molecule has 4 nitrogen and oxygen atoms in total. The third-order valence-corrected chi connectivity index (χ3v) is 2.32. The van der Waals surface area contributed by atoms with Crippen LogP contribution in [-0.2, 0) is 0 Å². The molecule has 0 aliphatic heterocycles. The Hall–Kier alpha value is -2.62. The molecule has 0 bridgehead atoms. The number of rotatable bonds is 2. The lowest BCUT2D eigenvalue weighted by molar-refractivity contribution is 0.449. The SMILES string of the molecule is Oc1cc(O)cc(/C=C/c2cc(O)cc(O)c2)c1. The number of hydrogen-bond donors (Lipinski definition) is 4. The molecule has 2 aromatic carbocycles. The topological polar surface area (TPSA) is 80.9 Å². The second-order valence-electron chi connectivity index (χ2n) is 3.90. The summed E-state index contributed by atoms with van der Waals surface area (Å²) in [5.41, 5.74) is 1.21. The van der Waals surface area contributed by atoms with Crippen LogP contribution in [0.2, 0.25) is 0 Å². The summed E-state index contributed by atoms with van der Waals surface area (Å²) in [7, 11) is 0. The predicted molar refractivity (Wildman–Crippen MR) is 68.5 cm³/mol. The Morgan fingerprint density at radius 3 is 1.06 bits per heavy atom. The van der Waals surface area contributed by atoms with Crippen LogP contribution >= 0.6 is 0 Å². The van der Waals surface area contributed by atoms with Crippen molar-refractivity contribution in [3.8, 4) is 23.0 Å². The largest absolute Gasteiger partial charge is 0.508 e. The van der Waals surface area contributed by atoms with Crippen LogP contribution in [0.25, 0.3) is 12.2 Å². The Kier molecular flexibility index (Phi) is 3.10. The quantitative estimate of drug-likeness (QED) is 0.612. The molecule has 0 saturated carbocycles. The second kappa shape index (κ2) is 4.71. The second-order valence-corrected chi connectivity index (χ2v) is 3.90. The maximum Gasteiger partial charge on any atom is 0.119 e. The zero-order valence-electron chi connectivity index (χ0n) is 9.41. The first-order valence-electron chi connectivity index (χ1n) is 5.27. The van der Waals surface area contributed by atoms with E-state index < -0.39 is 0 Å². The van der Waals surface area contributed by atoms with Crippen LogP contribution in [0.15, 0.2) is 36.4 Å². The Balaban J connectivity index is 2.29. The van der Waals surface area contributed by atoms with Crippen molar-refractivity contribution in [2.75, 3.05) is 0 Å². The lowest BCUT2D eigenvalue weighted by Gasteiger charge is -2.00. The Morgan fingerprint density at radius 1 is 0.500 bits per heavy atom. The van der Waals surface area contributed by atoms with Crippen molar-refractivity contribution in [2.45, 2.75) is 0 Å². The van der Waals surface area contributed by atoms with E-state index in [1.54, 1.807) is 12.2 Å². The van der Waals surface area contributed by atoms with Gasteiger partial charge in [0.25, 0.3) is 0 Å². The van der Waals surface area contributed by atoms with Crippen molar-refractivity contribution >= 4 is 12.2 Å². The monoisotopic (exact) mass is 244 g/mol. The summed E-state index contributed by atoms with van der Waals surface area (Å²) < 4.78 is 0. The molecule has 18 heavy (non-hydrogen) atoms. The lowest BCUT2D eigenvalue weighted by atomic mass is 10.1. The molecule has 0 saturated heterocycles. The van der Waals surface area contributed by atoms with Gasteiger partial charge in [0.15, 0.2) is 0 Å². The Morgan fingerprint density at radius 2 is 0.778 bits per heavy atom. The predicted octanol–water partition coefficient (Wildman–Crippen LogP) is 2.68. The molecule has 0 spiro atoms. The fourth-order valence-corrected chi connectivity index (χ4v) is 1.62. The molecule has 0 heterocycles. The van der Waals surface area contributed by atoms with Crippen LogP contribution in [-0.4, -0.2) is 20.4 Å². The fourth-order valence-electron chi connectivity index (χ4n) is 1.62. The molecule has 0 fully saturated rings. The third kappa shape index (κ3) is 2.95. The third-order valence-electron chi connectivity index (χ3n) is 2.32. The van der Waals surface area contributed by atoms with Crippen molar-refractivity contribution in [3.63, 3.8) is 0 Å².